The number of hydrogen-bond acceptors (Lipinski definition) is 6. The lowest BCUT2D eigenvalue weighted by Crippen LogP contribution is -2.16. The van der Waals surface area contributed by atoms with Crippen molar-refractivity contribution in [3.8, 4) is 21.8 Å². The lowest BCUT2D eigenvalue weighted by Gasteiger charge is -2.19. The second-order valence-corrected chi connectivity index (χ2v) is 10.6. The van der Waals surface area contributed by atoms with Gasteiger partial charge in [-0.3, -0.25) is 0 Å². The number of alkyl halides is 3. The molecule has 1 N–H and O–H groups in total. The molecule has 0 aliphatic carbocycles. The minimum absolute atomic E-state index is 0.0889. The molecule has 182 valence electrons. The zero-order valence-corrected chi connectivity index (χ0v) is 20.7. The van der Waals surface area contributed by atoms with Crippen LogP contribution in [0.5, 0.6) is 0 Å². The third-order valence-corrected chi connectivity index (χ3v) is 7.97. The predicted molar refractivity (Wildman–Crippen MR) is 129 cm³/mol. The molecular formula is C21H19Cl2F3N4O2S2. The van der Waals surface area contributed by atoms with Gasteiger partial charge in [0.2, 0.25) is 5.28 Å². The van der Waals surface area contributed by atoms with Crippen molar-refractivity contribution in [2.45, 2.75) is 31.4 Å². The molecule has 1 atom stereocenters. The molecule has 13 heteroatoms. The van der Waals surface area contributed by atoms with E-state index in [0.29, 0.717) is 30.2 Å². The number of benzene rings is 1. The highest BCUT2D eigenvalue weighted by Crippen LogP contribution is 2.44. The summed E-state index contributed by atoms with van der Waals surface area (Å²) in [4.78, 5) is 13.9. The fraction of sp³-hybridized carbons (Fsp3) is 0.381. The summed E-state index contributed by atoms with van der Waals surface area (Å²) in [5.41, 5.74) is 1.94. The molecule has 6 nitrogen and oxygen atoms in total. The normalized spacial score (nSPS) is 15.9. The number of hydrogen-bond donors (Lipinski definition) is 1. The third kappa shape index (κ3) is 6.25. The number of anilines is 1. The van der Waals surface area contributed by atoms with E-state index in [4.69, 9.17) is 32.9 Å². The Labute approximate surface area is 210 Å². The molecule has 34 heavy (non-hydrogen) atoms. The van der Waals surface area contributed by atoms with Crippen LogP contribution in [0.1, 0.15) is 30.2 Å². The summed E-state index contributed by atoms with van der Waals surface area (Å²) < 4.78 is 57.7. The second-order valence-electron chi connectivity index (χ2n) is 7.51. The van der Waals surface area contributed by atoms with Crippen molar-refractivity contribution in [3.63, 3.8) is 0 Å². The minimum Gasteiger partial charge on any atom is -0.381 e. The fourth-order valence-corrected chi connectivity index (χ4v) is 6.07. The van der Waals surface area contributed by atoms with E-state index in [9.17, 15) is 17.4 Å². The molecule has 3 aromatic rings. The summed E-state index contributed by atoms with van der Waals surface area (Å²) in [7, 11) is -1.96. The molecule has 0 bridgehead atoms. The first-order valence-corrected chi connectivity index (χ1v) is 13.2. The Kier molecular flexibility index (Phi) is 8.08. The second kappa shape index (κ2) is 10.9. The van der Waals surface area contributed by atoms with Crippen LogP contribution in [-0.4, -0.2) is 44.3 Å². The minimum atomic E-state index is -4.39. The molecule has 4 rings (SSSR count). The van der Waals surface area contributed by atoms with Crippen LogP contribution < -0.4 is 4.72 Å². The van der Waals surface area contributed by atoms with Crippen molar-refractivity contribution in [1.82, 2.24) is 15.0 Å². The summed E-state index contributed by atoms with van der Waals surface area (Å²) in [6.07, 6.45) is -2.33. The van der Waals surface area contributed by atoms with E-state index >= 15 is 0 Å². The summed E-state index contributed by atoms with van der Waals surface area (Å²) >= 11 is 14.1. The van der Waals surface area contributed by atoms with Crippen LogP contribution in [-0.2, 0) is 15.7 Å². The molecule has 2 aromatic heterocycles. The number of nitrogens with zero attached hydrogens (tertiary/aromatic N) is 3. The zero-order chi connectivity index (χ0) is 24.3. The zero-order valence-electron chi connectivity index (χ0n) is 17.6. The lowest BCUT2D eigenvalue weighted by molar-refractivity contribution is -0.129. The van der Waals surface area contributed by atoms with E-state index in [1.54, 1.807) is 30.5 Å². The standard InChI is InChI=1S/C21H19Cl2F3N4O2S2/c22-16-13(2-1-3-14(16)30-34(31)11-7-21(24,25)26)17-18(15-4-8-27-20(23)28-15)33-19(29-17)12-5-9-32-10-6-12/h1-4,8,12,30H,5-7,9-11H2. The van der Waals surface area contributed by atoms with Gasteiger partial charge in [-0.05, 0) is 36.6 Å². The van der Waals surface area contributed by atoms with E-state index in [1.165, 1.54) is 11.3 Å². The van der Waals surface area contributed by atoms with E-state index in [-0.39, 0.29) is 21.9 Å². The topological polar surface area (TPSA) is 77.0 Å². The van der Waals surface area contributed by atoms with E-state index < -0.39 is 29.3 Å². The molecular weight excluding hydrogens is 532 g/mol. The number of ether oxygens (including phenoxy) is 1. The number of nitrogens with one attached hydrogen (secondary N) is 1. The Balaban J connectivity index is 1.71. The predicted octanol–water partition coefficient (Wildman–Crippen LogP) is 6.50. The molecule has 1 fully saturated rings. The Morgan fingerprint density at radius 3 is 2.65 bits per heavy atom. The number of halogens is 5. The lowest BCUT2D eigenvalue weighted by atomic mass is 10.0. The molecule has 0 spiro atoms. The van der Waals surface area contributed by atoms with Gasteiger partial charge in [0, 0.05) is 30.9 Å². The summed E-state index contributed by atoms with van der Waals surface area (Å²) in [6, 6.07) is 6.71. The van der Waals surface area contributed by atoms with Crippen molar-refractivity contribution in [2.75, 3.05) is 23.7 Å². The van der Waals surface area contributed by atoms with Crippen molar-refractivity contribution >= 4 is 51.2 Å². The van der Waals surface area contributed by atoms with E-state index in [2.05, 4.69) is 14.7 Å². The summed E-state index contributed by atoms with van der Waals surface area (Å²) in [5, 5.41) is 1.20. The van der Waals surface area contributed by atoms with E-state index in [0.717, 1.165) is 22.7 Å². The quantitative estimate of drug-likeness (QED) is 0.340. The molecule has 3 heterocycles. The van der Waals surface area contributed by atoms with Crippen LogP contribution in [0.3, 0.4) is 0 Å². The molecule has 1 saturated heterocycles. The van der Waals surface area contributed by atoms with Gasteiger partial charge >= 0.3 is 6.18 Å². The highest BCUT2D eigenvalue weighted by molar-refractivity contribution is 7.86. The highest BCUT2D eigenvalue weighted by Gasteiger charge is 2.28. The fourth-order valence-electron chi connectivity index (χ4n) is 3.45. The molecule has 1 aromatic carbocycles. The van der Waals surface area contributed by atoms with E-state index in [1.807, 2.05) is 0 Å². The van der Waals surface area contributed by atoms with Crippen LogP contribution in [0.4, 0.5) is 18.9 Å². The number of aromatic nitrogens is 3. The van der Waals surface area contributed by atoms with Crippen molar-refractivity contribution < 1.29 is 22.1 Å². The maximum atomic E-state index is 12.5. The molecule has 1 aliphatic heterocycles. The Hall–Kier alpha value is -1.79. The van der Waals surface area contributed by atoms with Crippen LogP contribution in [0, 0.1) is 0 Å². The summed E-state index contributed by atoms with van der Waals surface area (Å²) in [6.45, 7) is 1.30. The van der Waals surface area contributed by atoms with Gasteiger partial charge in [0.15, 0.2) is 0 Å². The SMILES string of the molecule is O=S(CCC(F)(F)F)Nc1cccc(-c2nc(C3CCOCC3)sc2-c2ccnc(Cl)n2)c1Cl. The van der Waals surface area contributed by atoms with Crippen molar-refractivity contribution in [3.05, 3.63) is 45.8 Å². The molecule has 0 amide bonds. The van der Waals surface area contributed by atoms with Crippen molar-refractivity contribution in [1.29, 1.82) is 0 Å². The monoisotopic (exact) mass is 550 g/mol. The van der Waals surface area contributed by atoms with Gasteiger partial charge in [0.05, 0.1) is 44.2 Å². The maximum Gasteiger partial charge on any atom is 0.390 e. The van der Waals surface area contributed by atoms with Crippen LogP contribution in [0.25, 0.3) is 21.8 Å². The largest absolute Gasteiger partial charge is 0.390 e. The van der Waals surface area contributed by atoms with Gasteiger partial charge in [-0.1, -0.05) is 23.7 Å². The number of rotatable bonds is 7. The molecule has 0 radical (unpaired) electrons. The summed E-state index contributed by atoms with van der Waals surface area (Å²) in [5.74, 6) is -0.363. The van der Waals surface area contributed by atoms with Gasteiger partial charge in [-0.15, -0.1) is 11.3 Å². The maximum absolute atomic E-state index is 12.5. The first-order valence-electron chi connectivity index (χ1n) is 10.3. The average molecular weight is 551 g/mol. The smallest absolute Gasteiger partial charge is 0.381 e. The van der Waals surface area contributed by atoms with Gasteiger partial charge in [-0.25, -0.2) is 19.2 Å². The highest BCUT2D eigenvalue weighted by atomic mass is 35.5. The van der Waals surface area contributed by atoms with Gasteiger partial charge in [0.1, 0.15) is 11.0 Å². The number of thiazole rings is 1. The Morgan fingerprint density at radius 1 is 1.18 bits per heavy atom. The first kappa shape index (κ1) is 25.3. The Morgan fingerprint density at radius 2 is 1.94 bits per heavy atom. The van der Waals surface area contributed by atoms with Crippen LogP contribution in [0.15, 0.2) is 30.5 Å². The molecule has 1 unspecified atom stereocenters. The first-order chi connectivity index (χ1) is 16.2. The van der Waals surface area contributed by atoms with Crippen LogP contribution >= 0.6 is 34.5 Å². The molecule has 1 aliphatic rings. The van der Waals surface area contributed by atoms with Gasteiger partial charge in [0.25, 0.3) is 0 Å². The van der Waals surface area contributed by atoms with Crippen LogP contribution in [0.2, 0.25) is 10.3 Å². The average Bonchev–Trinajstić information content (AvgIpc) is 3.25. The van der Waals surface area contributed by atoms with Gasteiger partial charge < -0.3 is 9.46 Å². The molecule has 0 saturated carbocycles. The van der Waals surface area contributed by atoms with Gasteiger partial charge in [-0.2, -0.15) is 13.2 Å². The van der Waals surface area contributed by atoms with Crippen molar-refractivity contribution in [2.24, 2.45) is 0 Å². The third-order valence-electron chi connectivity index (χ3n) is 5.12. The Bertz CT molecular complexity index is 1190.